The number of benzene rings is 1. The molecule has 2 N–H and O–H groups in total. The van der Waals surface area contributed by atoms with Crippen molar-refractivity contribution in [2.75, 3.05) is 25.9 Å². The van der Waals surface area contributed by atoms with Gasteiger partial charge >= 0.3 is 0 Å². The fourth-order valence-corrected chi connectivity index (χ4v) is 4.73. The predicted octanol–water partition coefficient (Wildman–Crippen LogP) is 2.87. The van der Waals surface area contributed by atoms with Crippen LogP contribution < -0.4 is 5.73 Å². The average Bonchev–Trinajstić information content (AvgIpc) is 2.43. The molecule has 1 fully saturated rings. The zero-order valence-corrected chi connectivity index (χ0v) is 14.8. The third-order valence-electron chi connectivity index (χ3n) is 3.46. The molecule has 1 aliphatic rings. The van der Waals surface area contributed by atoms with E-state index in [9.17, 15) is 8.42 Å². The number of hydrogen-bond donors (Lipinski definition) is 1. The SMILES string of the molecule is CN(CC1CCCCO1)S(=O)(=O)c1cc(Cl)cc(N)c1Br. The van der Waals surface area contributed by atoms with Gasteiger partial charge in [-0.05, 0) is 47.3 Å². The van der Waals surface area contributed by atoms with E-state index in [4.69, 9.17) is 22.1 Å². The maximum absolute atomic E-state index is 12.7. The van der Waals surface area contributed by atoms with Crippen molar-refractivity contribution in [1.29, 1.82) is 0 Å². The molecule has 1 heterocycles. The van der Waals surface area contributed by atoms with Crippen LogP contribution in [0.25, 0.3) is 0 Å². The molecule has 1 aromatic carbocycles. The van der Waals surface area contributed by atoms with Crippen LogP contribution in [0.3, 0.4) is 0 Å². The van der Waals surface area contributed by atoms with E-state index >= 15 is 0 Å². The van der Waals surface area contributed by atoms with Gasteiger partial charge in [0.1, 0.15) is 0 Å². The second-order valence-corrected chi connectivity index (χ2v) is 8.32. The topological polar surface area (TPSA) is 72.6 Å². The van der Waals surface area contributed by atoms with Crippen LogP contribution in [-0.4, -0.2) is 39.0 Å². The van der Waals surface area contributed by atoms with Gasteiger partial charge in [0.2, 0.25) is 10.0 Å². The van der Waals surface area contributed by atoms with Crippen molar-refractivity contribution in [3.05, 3.63) is 21.6 Å². The summed E-state index contributed by atoms with van der Waals surface area (Å²) in [5, 5.41) is 0.289. The van der Waals surface area contributed by atoms with Crippen LogP contribution in [0.1, 0.15) is 19.3 Å². The van der Waals surface area contributed by atoms with Gasteiger partial charge < -0.3 is 10.5 Å². The first kappa shape index (κ1) is 17.0. The maximum Gasteiger partial charge on any atom is 0.244 e. The van der Waals surface area contributed by atoms with E-state index in [-0.39, 0.29) is 16.0 Å². The number of ether oxygens (including phenoxy) is 1. The number of sulfonamides is 1. The van der Waals surface area contributed by atoms with Crippen molar-refractivity contribution >= 4 is 43.2 Å². The Kier molecular flexibility index (Phi) is 5.54. The summed E-state index contributed by atoms with van der Waals surface area (Å²) >= 11 is 9.14. The van der Waals surface area contributed by atoms with Gasteiger partial charge in [-0.2, -0.15) is 4.31 Å². The molecule has 0 aromatic heterocycles. The zero-order chi connectivity index (χ0) is 15.6. The third-order valence-corrected chi connectivity index (χ3v) is 6.67. The number of rotatable bonds is 4. The van der Waals surface area contributed by atoms with E-state index in [0.29, 0.717) is 23.3 Å². The Morgan fingerprint density at radius 1 is 1.48 bits per heavy atom. The molecule has 0 aliphatic carbocycles. The molecule has 1 aliphatic heterocycles. The highest BCUT2D eigenvalue weighted by atomic mass is 79.9. The molecular weight excluding hydrogens is 380 g/mol. The van der Waals surface area contributed by atoms with Gasteiger partial charge in [-0.25, -0.2) is 8.42 Å². The Bertz CT molecular complexity index is 618. The van der Waals surface area contributed by atoms with E-state index < -0.39 is 10.0 Å². The molecule has 2 rings (SSSR count). The lowest BCUT2D eigenvalue weighted by Gasteiger charge is -2.27. The first-order valence-electron chi connectivity index (χ1n) is 6.65. The Hall–Kier alpha value is -0.340. The molecule has 0 amide bonds. The van der Waals surface area contributed by atoms with E-state index in [1.54, 1.807) is 0 Å². The van der Waals surface area contributed by atoms with Crippen LogP contribution in [0.5, 0.6) is 0 Å². The standard InChI is InChI=1S/C13H18BrClN2O3S/c1-17(8-10-4-2-3-5-20-10)21(18,19)12-7-9(15)6-11(16)13(12)14/h6-7,10H,2-5,8,16H2,1H3. The molecule has 5 nitrogen and oxygen atoms in total. The van der Waals surface area contributed by atoms with Crippen LogP contribution in [0.15, 0.2) is 21.5 Å². The van der Waals surface area contributed by atoms with E-state index in [2.05, 4.69) is 15.9 Å². The highest BCUT2D eigenvalue weighted by molar-refractivity contribution is 9.10. The highest BCUT2D eigenvalue weighted by Crippen LogP contribution is 2.33. The zero-order valence-electron chi connectivity index (χ0n) is 11.7. The van der Waals surface area contributed by atoms with E-state index in [0.717, 1.165) is 19.3 Å². The van der Waals surface area contributed by atoms with Gasteiger partial charge in [-0.3, -0.25) is 0 Å². The van der Waals surface area contributed by atoms with E-state index in [1.807, 2.05) is 0 Å². The number of nitrogens with two attached hydrogens (primary N) is 1. The second-order valence-electron chi connectivity index (χ2n) is 5.08. The second kappa shape index (κ2) is 6.83. The van der Waals surface area contributed by atoms with Crippen LogP contribution in [0.2, 0.25) is 5.02 Å². The smallest absolute Gasteiger partial charge is 0.244 e. The summed E-state index contributed by atoms with van der Waals surface area (Å²) in [6.45, 7) is 1.01. The lowest BCUT2D eigenvalue weighted by molar-refractivity contribution is 0.00858. The molecule has 0 saturated carbocycles. The largest absolute Gasteiger partial charge is 0.398 e. The van der Waals surface area contributed by atoms with Gasteiger partial charge in [0.15, 0.2) is 0 Å². The molecule has 1 saturated heterocycles. The number of nitrogen functional groups attached to an aromatic ring is 1. The lowest BCUT2D eigenvalue weighted by atomic mass is 10.1. The molecule has 21 heavy (non-hydrogen) atoms. The Morgan fingerprint density at radius 3 is 2.81 bits per heavy atom. The van der Waals surface area contributed by atoms with Gasteiger partial charge in [-0.1, -0.05) is 11.6 Å². The number of nitrogens with zero attached hydrogens (tertiary/aromatic N) is 1. The van der Waals surface area contributed by atoms with Crippen molar-refractivity contribution in [2.45, 2.75) is 30.3 Å². The molecule has 0 radical (unpaired) electrons. The van der Waals surface area contributed by atoms with Gasteiger partial charge in [0.05, 0.1) is 15.5 Å². The fourth-order valence-electron chi connectivity index (χ4n) is 2.28. The van der Waals surface area contributed by atoms with E-state index in [1.165, 1.54) is 23.5 Å². The molecule has 118 valence electrons. The molecule has 8 heteroatoms. The van der Waals surface area contributed by atoms with Gasteiger partial charge in [0, 0.05) is 30.9 Å². The monoisotopic (exact) mass is 396 g/mol. The van der Waals surface area contributed by atoms with Crippen LogP contribution >= 0.6 is 27.5 Å². The Labute approximate surface area is 138 Å². The minimum Gasteiger partial charge on any atom is -0.398 e. The number of anilines is 1. The average molecular weight is 398 g/mol. The molecular formula is C13H18BrClN2O3S. The molecule has 1 atom stereocenters. The summed E-state index contributed by atoms with van der Waals surface area (Å²) in [5.41, 5.74) is 6.06. The van der Waals surface area contributed by atoms with Crippen LogP contribution in [0.4, 0.5) is 5.69 Å². The number of halogens is 2. The summed E-state index contributed by atoms with van der Waals surface area (Å²) in [5.74, 6) is 0. The van der Waals surface area contributed by atoms with Crippen LogP contribution in [-0.2, 0) is 14.8 Å². The Morgan fingerprint density at radius 2 is 2.19 bits per heavy atom. The summed E-state index contributed by atoms with van der Waals surface area (Å²) in [6.07, 6.45) is 2.91. The maximum atomic E-state index is 12.7. The molecule has 0 bridgehead atoms. The normalized spacial score (nSPS) is 19.9. The Balaban J connectivity index is 2.24. The highest BCUT2D eigenvalue weighted by Gasteiger charge is 2.28. The van der Waals surface area contributed by atoms with Gasteiger partial charge in [0.25, 0.3) is 0 Å². The first-order valence-corrected chi connectivity index (χ1v) is 9.26. The predicted molar refractivity (Wildman–Crippen MR) is 87.0 cm³/mol. The summed E-state index contributed by atoms with van der Waals surface area (Å²) in [4.78, 5) is 0.0748. The van der Waals surface area contributed by atoms with Crippen molar-refractivity contribution in [3.63, 3.8) is 0 Å². The lowest BCUT2D eigenvalue weighted by Crippen LogP contribution is -2.37. The summed E-state index contributed by atoms with van der Waals surface area (Å²) < 4.78 is 32.5. The van der Waals surface area contributed by atoms with Crippen LogP contribution in [0, 0.1) is 0 Å². The van der Waals surface area contributed by atoms with Crippen molar-refractivity contribution < 1.29 is 13.2 Å². The van der Waals surface area contributed by atoms with Crippen molar-refractivity contribution in [2.24, 2.45) is 0 Å². The molecule has 0 spiro atoms. The van der Waals surface area contributed by atoms with Crippen molar-refractivity contribution in [1.82, 2.24) is 4.31 Å². The minimum atomic E-state index is -3.67. The molecule has 1 aromatic rings. The fraction of sp³-hybridized carbons (Fsp3) is 0.538. The third kappa shape index (κ3) is 3.90. The summed E-state index contributed by atoms with van der Waals surface area (Å²) in [6, 6.07) is 2.91. The van der Waals surface area contributed by atoms with Crippen molar-refractivity contribution in [3.8, 4) is 0 Å². The molecule has 1 unspecified atom stereocenters. The quantitative estimate of drug-likeness (QED) is 0.793. The number of likely N-dealkylation sites (N-methyl/N-ethyl adjacent to an activating group) is 1. The van der Waals surface area contributed by atoms with Gasteiger partial charge in [-0.15, -0.1) is 0 Å². The minimum absolute atomic E-state index is 0.0613. The summed E-state index contributed by atoms with van der Waals surface area (Å²) in [7, 11) is -2.13. The number of hydrogen-bond acceptors (Lipinski definition) is 4. The first-order chi connectivity index (χ1) is 9.82.